The summed E-state index contributed by atoms with van der Waals surface area (Å²) in [6.07, 6.45) is 1.01. The minimum absolute atomic E-state index is 0.0943. The Morgan fingerprint density at radius 1 is 0.943 bits per heavy atom. The van der Waals surface area contributed by atoms with Crippen molar-refractivity contribution in [1.82, 2.24) is 4.57 Å². The van der Waals surface area contributed by atoms with Crippen LogP contribution in [-0.2, 0) is 6.54 Å². The summed E-state index contributed by atoms with van der Waals surface area (Å²) in [5.41, 5.74) is -1.50. The number of nitrogens with one attached hydrogen (secondary N) is 1. The number of carbonyl (C=O) groups excluding carboxylic acids is 2. The van der Waals surface area contributed by atoms with E-state index in [-0.39, 0.29) is 51.6 Å². The molecule has 2 N–H and O–H groups in total. The fraction of sp³-hybridized carbons (Fsp3) is 0.0769. The number of halogens is 2. The van der Waals surface area contributed by atoms with E-state index in [0.29, 0.717) is 0 Å². The summed E-state index contributed by atoms with van der Waals surface area (Å²) in [7, 11) is 0. The summed E-state index contributed by atoms with van der Waals surface area (Å²) in [5.74, 6) is -4.44. The number of aromatic carboxylic acids is 1. The normalized spacial score (nSPS) is 12.4. The highest BCUT2D eigenvalue weighted by Crippen LogP contribution is 2.33. The molecule has 1 aromatic heterocycles. The Balaban J connectivity index is 1.63. The first-order chi connectivity index (χ1) is 16.7. The molecule has 0 amide bonds. The molecule has 1 aliphatic rings. The SMILES string of the molecule is CCn1cc(C(=O)O)c(=O)c2cc(F)c(Nc3ccc4c(c3)C(=O)c3ccccc3C4=O)c(F)c21. The van der Waals surface area contributed by atoms with Gasteiger partial charge >= 0.3 is 5.97 Å². The van der Waals surface area contributed by atoms with Gasteiger partial charge in [-0.25, -0.2) is 13.6 Å². The molecule has 7 nitrogen and oxygen atoms in total. The first-order valence-corrected chi connectivity index (χ1v) is 10.6. The number of carboxylic acid groups (broad SMARTS) is 1. The molecular formula is C26H16F2N2O5. The van der Waals surface area contributed by atoms with E-state index in [1.807, 2.05) is 0 Å². The highest BCUT2D eigenvalue weighted by atomic mass is 19.1. The minimum atomic E-state index is -1.50. The zero-order valence-corrected chi connectivity index (χ0v) is 18.2. The maximum absolute atomic E-state index is 15.5. The molecule has 0 atom stereocenters. The Morgan fingerprint density at radius 2 is 1.57 bits per heavy atom. The van der Waals surface area contributed by atoms with E-state index in [1.165, 1.54) is 28.8 Å². The summed E-state index contributed by atoms with van der Waals surface area (Å²) < 4.78 is 31.7. The number of aromatic nitrogens is 1. The van der Waals surface area contributed by atoms with Gasteiger partial charge in [0.15, 0.2) is 23.2 Å². The lowest BCUT2D eigenvalue weighted by Crippen LogP contribution is -2.21. The smallest absolute Gasteiger partial charge is 0.341 e. The van der Waals surface area contributed by atoms with Gasteiger partial charge in [0, 0.05) is 40.7 Å². The predicted octanol–water partition coefficient (Wildman–Crippen LogP) is 4.52. The van der Waals surface area contributed by atoms with Crippen molar-refractivity contribution in [3.05, 3.63) is 104 Å². The lowest BCUT2D eigenvalue weighted by molar-refractivity contribution is 0.0694. The number of ketones is 2. The van der Waals surface area contributed by atoms with E-state index in [1.54, 1.807) is 25.1 Å². The van der Waals surface area contributed by atoms with Crippen LogP contribution in [0.2, 0.25) is 0 Å². The van der Waals surface area contributed by atoms with E-state index in [4.69, 9.17) is 0 Å². The number of aryl methyl sites for hydroxylation is 1. The summed E-state index contributed by atoms with van der Waals surface area (Å²) in [6, 6.07) is 11.4. The summed E-state index contributed by atoms with van der Waals surface area (Å²) in [6.45, 7) is 1.74. The molecule has 0 radical (unpaired) electrons. The van der Waals surface area contributed by atoms with Gasteiger partial charge < -0.3 is 15.0 Å². The van der Waals surface area contributed by atoms with Crippen molar-refractivity contribution < 1.29 is 28.3 Å². The van der Waals surface area contributed by atoms with Crippen LogP contribution in [0, 0.1) is 11.6 Å². The predicted molar refractivity (Wildman–Crippen MR) is 124 cm³/mol. The molecule has 4 aromatic rings. The van der Waals surface area contributed by atoms with Crippen molar-refractivity contribution in [1.29, 1.82) is 0 Å². The Labute approximate surface area is 196 Å². The van der Waals surface area contributed by atoms with E-state index in [0.717, 1.165) is 12.3 Å². The maximum Gasteiger partial charge on any atom is 0.341 e. The molecule has 0 bridgehead atoms. The number of hydrogen-bond acceptors (Lipinski definition) is 5. The monoisotopic (exact) mass is 474 g/mol. The van der Waals surface area contributed by atoms with Crippen molar-refractivity contribution in [2.75, 3.05) is 5.32 Å². The number of pyridine rings is 1. The van der Waals surface area contributed by atoms with Crippen LogP contribution >= 0.6 is 0 Å². The molecule has 35 heavy (non-hydrogen) atoms. The van der Waals surface area contributed by atoms with Gasteiger partial charge in [-0.3, -0.25) is 14.4 Å². The van der Waals surface area contributed by atoms with Crippen LogP contribution in [0.5, 0.6) is 0 Å². The molecule has 5 rings (SSSR count). The van der Waals surface area contributed by atoms with Gasteiger partial charge in [-0.2, -0.15) is 0 Å². The number of hydrogen-bond donors (Lipinski definition) is 2. The highest BCUT2D eigenvalue weighted by molar-refractivity contribution is 6.28. The molecule has 9 heteroatoms. The largest absolute Gasteiger partial charge is 0.477 e. The van der Waals surface area contributed by atoms with Crippen LogP contribution in [0.25, 0.3) is 10.9 Å². The number of fused-ring (bicyclic) bond motifs is 3. The number of rotatable bonds is 4. The van der Waals surface area contributed by atoms with Crippen molar-refractivity contribution in [2.24, 2.45) is 0 Å². The fourth-order valence-corrected chi connectivity index (χ4v) is 4.32. The number of carboxylic acids is 1. The van der Waals surface area contributed by atoms with Gasteiger partial charge in [-0.05, 0) is 31.2 Å². The second-order valence-corrected chi connectivity index (χ2v) is 8.00. The Hall–Kier alpha value is -4.66. The molecule has 0 spiro atoms. The average Bonchev–Trinajstić information content (AvgIpc) is 2.85. The Kier molecular flexibility index (Phi) is 5.05. The molecule has 3 aromatic carbocycles. The molecule has 0 saturated heterocycles. The molecule has 0 fully saturated rings. The summed E-state index contributed by atoms with van der Waals surface area (Å²) >= 11 is 0. The van der Waals surface area contributed by atoms with E-state index < -0.39 is 39.7 Å². The fourth-order valence-electron chi connectivity index (χ4n) is 4.32. The lowest BCUT2D eigenvalue weighted by Gasteiger charge is -2.19. The third kappa shape index (κ3) is 3.31. The maximum atomic E-state index is 15.5. The molecule has 0 aliphatic heterocycles. The van der Waals surface area contributed by atoms with Crippen LogP contribution in [0.15, 0.2) is 59.5 Å². The summed E-state index contributed by atoms with van der Waals surface area (Å²) in [4.78, 5) is 49.7. The number of carbonyl (C=O) groups is 3. The van der Waals surface area contributed by atoms with Crippen molar-refractivity contribution >= 4 is 39.8 Å². The Morgan fingerprint density at radius 3 is 2.20 bits per heavy atom. The van der Waals surface area contributed by atoms with Crippen molar-refractivity contribution in [3.8, 4) is 0 Å². The average molecular weight is 474 g/mol. The van der Waals surface area contributed by atoms with Gasteiger partial charge in [0.05, 0.1) is 10.9 Å². The third-order valence-corrected chi connectivity index (χ3v) is 6.02. The second-order valence-electron chi connectivity index (χ2n) is 8.00. The third-order valence-electron chi connectivity index (χ3n) is 6.02. The quantitative estimate of drug-likeness (QED) is 0.397. The van der Waals surface area contributed by atoms with Gasteiger partial charge in [0.25, 0.3) is 0 Å². The minimum Gasteiger partial charge on any atom is -0.477 e. The second kappa shape index (κ2) is 7.98. The van der Waals surface area contributed by atoms with Crippen LogP contribution in [0.1, 0.15) is 49.1 Å². The molecule has 0 saturated carbocycles. The molecule has 1 heterocycles. The van der Waals surface area contributed by atoms with E-state index in [2.05, 4.69) is 5.32 Å². The Bertz CT molecular complexity index is 1670. The van der Waals surface area contributed by atoms with E-state index in [9.17, 15) is 28.7 Å². The highest BCUT2D eigenvalue weighted by Gasteiger charge is 2.30. The van der Waals surface area contributed by atoms with Crippen molar-refractivity contribution in [2.45, 2.75) is 13.5 Å². The first-order valence-electron chi connectivity index (χ1n) is 10.6. The zero-order valence-electron chi connectivity index (χ0n) is 18.2. The lowest BCUT2D eigenvalue weighted by atomic mass is 9.84. The number of nitrogens with zero attached hydrogens (tertiary/aromatic N) is 1. The van der Waals surface area contributed by atoms with Gasteiger partial charge in [-0.15, -0.1) is 0 Å². The van der Waals surface area contributed by atoms with Crippen LogP contribution in [0.3, 0.4) is 0 Å². The van der Waals surface area contributed by atoms with E-state index >= 15 is 4.39 Å². The molecule has 1 aliphatic carbocycles. The van der Waals surface area contributed by atoms with Gasteiger partial charge in [0.2, 0.25) is 5.43 Å². The molecule has 0 unspecified atom stereocenters. The van der Waals surface area contributed by atoms with Crippen molar-refractivity contribution in [3.63, 3.8) is 0 Å². The number of benzene rings is 3. The van der Waals surface area contributed by atoms with Crippen LogP contribution < -0.4 is 10.7 Å². The molecule has 174 valence electrons. The van der Waals surface area contributed by atoms with Gasteiger partial charge in [-0.1, -0.05) is 24.3 Å². The van der Waals surface area contributed by atoms with Crippen LogP contribution in [-0.4, -0.2) is 27.2 Å². The molecular weight excluding hydrogens is 458 g/mol. The first kappa shape index (κ1) is 22.1. The topological polar surface area (TPSA) is 105 Å². The zero-order chi connectivity index (χ0) is 25.0. The number of anilines is 2. The van der Waals surface area contributed by atoms with Gasteiger partial charge in [0.1, 0.15) is 11.3 Å². The summed E-state index contributed by atoms with van der Waals surface area (Å²) in [5, 5.41) is 11.5. The standard InChI is InChI=1S/C26H16F2N2O5/c1-2-30-11-18(26(34)35)25(33)17-10-19(27)21(20(28)22(17)30)29-12-7-8-15-16(9-12)24(32)14-6-4-3-5-13(14)23(15)31/h3-11,29H,2H2,1H3,(H,34,35). The van der Waals surface area contributed by atoms with Crippen LogP contribution in [0.4, 0.5) is 20.2 Å².